The number of carboxylic acids is 1. The van der Waals surface area contributed by atoms with E-state index in [1.807, 2.05) is 42.2 Å². The van der Waals surface area contributed by atoms with Gasteiger partial charge in [0.15, 0.2) is 0 Å². The molecule has 2 rings (SSSR count). The average molecular weight is 440 g/mol. The molecule has 1 amide bonds. The second-order valence-electron chi connectivity index (χ2n) is 8.65. The zero-order valence-corrected chi connectivity index (χ0v) is 19.2. The van der Waals surface area contributed by atoms with Crippen molar-refractivity contribution >= 4 is 11.9 Å². The number of unbranched alkanes of at least 4 members (excludes halogenated alkanes) is 3. The van der Waals surface area contributed by atoms with Crippen molar-refractivity contribution in [2.24, 2.45) is 5.92 Å². The second kappa shape index (κ2) is 14.5. The number of hydrogen-bond donors (Lipinski definition) is 2. The average Bonchev–Trinajstić information content (AvgIpc) is 3.13. The normalized spacial score (nSPS) is 17.9. The molecule has 1 aliphatic heterocycles. The molecule has 1 saturated heterocycles. The third-order valence-corrected chi connectivity index (χ3v) is 5.96. The highest BCUT2D eigenvalue weighted by molar-refractivity contribution is 5.79. The molecule has 174 valence electrons. The van der Waals surface area contributed by atoms with Crippen LogP contribution in [-0.2, 0) is 16.0 Å². The maximum atomic E-state index is 12.2. The lowest BCUT2D eigenvalue weighted by atomic mass is 9.99. The number of carboxylic acid groups (broad SMARTS) is 1. The molecule has 1 fully saturated rings. The van der Waals surface area contributed by atoms with Crippen LogP contribution in [0.4, 0.5) is 0 Å². The van der Waals surface area contributed by atoms with Gasteiger partial charge < -0.3 is 15.1 Å². The number of aliphatic hydroxyl groups is 1. The fourth-order valence-corrected chi connectivity index (χ4v) is 3.88. The molecule has 5 nitrogen and oxygen atoms in total. The van der Waals surface area contributed by atoms with Gasteiger partial charge in [0.25, 0.3) is 0 Å². The number of nitrogens with zero attached hydrogens (tertiary/aromatic N) is 1. The molecule has 0 saturated carbocycles. The maximum Gasteiger partial charge on any atom is 0.303 e. The molecule has 3 atom stereocenters. The molecule has 5 heteroatoms. The highest BCUT2D eigenvalue weighted by Crippen LogP contribution is 2.22. The summed E-state index contributed by atoms with van der Waals surface area (Å²) in [7, 11) is 0. The highest BCUT2D eigenvalue weighted by atomic mass is 16.4. The van der Waals surface area contributed by atoms with Gasteiger partial charge in [-0.05, 0) is 37.2 Å². The zero-order chi connectivity index (χ0) is 23.2. The molecule has 0 spiro atoms. The summed E-state index contributed by atoms with van der Waals surface area (Å²) in [6.45, 7) is 2.69. The van der Waals surface area contributed by atoms with Gasteiger partial charge in [-0.3, -0.25) is 9.59 Å². The largest absolute Gasteiger partial charge is 0.481 e. The Labute approximate surface area is 192 Å². The van der Waals surface area contributed by atoms with E-state index in [0.717, 1.165) is 38.5 Å². The van der Waals surface area contributed by atoms with Gasteiger partial charge in [-0.2, -0.15) is 0 Å². The molecule has 0 aromatic heterocycles. The van der Waals surface area contributed by atoms with Crippen molar-refractivity contribution in [1.29, 1.82) is 0 Å². The predicted molar refractivity (Wildman–Crippen MR) is 127 cm³/mol. The number of aliphatic hydroxyl groups excluding tert-OH is 1. The number of hydrogen-bond acceptors (Lipinski definition) is 3. The summed E-state index contributed by atoms with van der Waals surface area (Å²) in [6, 6.07) is 10.3. The number of benzene rings is 1. The lowest BCUT2D eigenvalue weighted by Gasteiger charge is -2.23. The van der Waals surface area contributed by atoms with Crippen molar-refractivity contribution in [3.63, 3.8) is 0 Å². The standard InChI is InChI=1S/C27H37NO4/c1-22(12-6-4-7-13-23-14-8-5-9-15-23)25(29)19-17-24-18-20-26(30)28(24)21-11-3-2-10-16-27(31)32/h5,8-9,14-15,17,19,22,24-25,29H,2-3,7,10-13,16,18,20-21H2,1H3,(H,31,32)/t22-,24?,25+/m0/s1. The Morgan fingerprint density at radius 2 is 1.94 bits per heavy atom. The van der Waals surface area contributed by atoms with Crippen molar-refractivity contribution in [1.82, 2.24) is 4.90 Å². The second-order valence-corrected chi connectivity index (χ2v) is 8.65. The topological polar surface area (TPSA) is 77.8 Å². The van der Waals surface area contributed by atoms with Gasteiger partial charge in [0, 0.05) is 32.2 Å². The number of carbonyl (C=O) groups excluding carboxylic acids is 1. The van der Waals surface area contributed by atoms with Gasteiger partial charge in [-0.25, -0.2) is 0 Å². The minimum absolute atomic E-state index is 0.0373. The Kier molecular flexibility index (Phi) is 11.6. The van der Waals surface area contributed by atoms with Crippen LogP contribution in [0.3, 0.4) is 0 Å². The van der Waals surface area contributed by atoms with E-state index in [1.54, 1.807) is 0 Å². The molecule has 0 bridgehead atoms. The molecule has 1 unspecified atom stereocenters. The number of amides is 1. The molecule has 1 aromatic rings. The first-order valence-corrected chi connectivity index (χ1v) is 11.8. The SMILES string of the molecule is C[C@@H](CC#CCCc1ccccc1)[C@H](O)C=CC1CCC(=O)N1CCCCCCC(=O)O. The van der Waals surface area contributed by atoms with Crippen molar-refractivity contribution in [3.05, 3.63) is 48.0 Å². The maximum absolute atomic E-state index is 12.2. The van der Waals surface area contributed by atoms with Crippen LogP contribution in [-0.4, -0.2) is 45.7 Å². The van der Waals surface area contributed by atoms with Crippen molar-refractivity contribution < 1.29 is 19.8 Å². The highest BCUT2D eigenvalue weighted by Gasteiger charge is 2.28. The predicted octanol–water partition coefficient (Wildman–Crippen LogP) is 4.59. The van der Waals surface area contributed by atoms with Crippen LogP contribution >= 0.6 is 0 Å². The Morgan fingerprint density at radius 1 is 1.19 bits per heavy atom. The zero-order valence-electron chi connectivity index (χ0n) is 19.2. The number of aliphatic carboxylic acids is 1. The van der Waals surface area contributed by atoms with E-state index in [9.17, 15) is 14.7 Å². The van der Waals surface area contributed by atoms with Gasteiger partial charge in [0.2, 0.25) is 5.91 Å². The fourth-order valence-electron chi connectivity index (χ4n) is 3.88. The van der Waals surface area contributed by atoms with Crippen LogP contribution < -0.4 is 0 Å². The molecule has 0 radical (unpaired) electrons. The van der Waals surface area contributed by atoms with Gasteiger partial charge in [0.1, 0.15) is 0 Å². The Balaban J connectivity index is 1.69. The monoisotopic (exact) mass is 439 g/mol. The number of aryl methyl sites for hydroxylation is 1. The first-order chi connectivity index (χ1) is 15.5. The summed E-state index contributed by atoms with van der Waals surface area (Å²) in [5, 5.41) is 19.2. The third-order valence-electron chi connectivity index (χ3n) is 5.96. The van der Waals surface area contributed by atoms with Gasteiger partial charge in [0.05, 0.1) is 12.1 Å². The van der Waals surface area contributed by atoms with Crippen LogP contribution in [0.15, 0.2) is 42.5 Å². The molecule has 1 aliphatic rings. The molecule has 32 heavy (non-hydrogen) atoms. The van der Waals surface area contributed by atoms with E-state index in [2.05, 4.69) is 24.0 Å². The number of rotatable bonds is 13. The van der Waals surface area contributed by atoms with Crippen LogP contribution in [0.5, 0.6) is 0 Å². The molecular formula is C27H37NO4. The van der Waals surface area contributed by atoms with Gasteiger partial charge in [-0.1, -0.05) is 62.2 Å². The van der Waals surface area contributed by atoms with Crippen LogP contribution in [0.2, 0.25) is 0 Å². The summed E-state index contributed by atoms with van der Waals surface area (Å²) in [4.78, 5) is 24.7. The summed E-state index contributed by atoms with van der Waals surface area (Å²) >= 11 is 0. The number of likely N-dealkylation sites (tertiary alicyclic amines) is 1. The molecule has 0 aliphatic carbocycles. The van der Waals surface area contributed by atoms with Crippen LogP contribution in [0, 0.1) is 17.8 Å². The Hall–Kier alpha value is -2.58. The van der Waals surface area contributed by atoms with E-state index in [1.165, 1.54) is 5.56 Å². The van der Waals surface area contributed by atoms with E-state index < -0.39 is 12.1 Å². The quantitative estimate of drug-likeness (QED) is 0.268. The van der Waals surface area contributed by atoms with Crippen LogP contribution in [0.1, 0.15) is 70.3 Å². The third kappa shape index (κ3) is 9.70. The summed E-state index contributed by atoms with van der Waals surface area (Å²) in [5.74, 6) is 5.84. The van der Waals surface area contributed by atoms with E-state index in [-0.39, 0.29) is 24.3 Å². The lowest BCUT2D eigenvalue weighted by Crippen LogP contribution is -2.33. The van der Waals surface area contributed by atoms with Crippen molar-refractivity contribution in [2.75, 3.05) is 6.54 Å². The molecule has 1 aromatic carbocycles. The molecule has 2 N–H and O–H groups in total. The van der Waals surface area contributed by atoms with E-state index in [4.69, 9.17) is 5.11 Å². The minimum Gasteiger partial charge on any atom is -0.481 e. The summed E-state index contributed by atoms with van der Waals surface area (Å²) in [5.41, 5.74) is 1.29. The molecular weight excluding hydrogens is 402 g/mol. The summed E-state index contributed by atoms with van der Waals surface area (Å²) in [6.07, 6.45) is 10.5. The minimum atomic E-state index is -0.754. The van der Waals surface area contributed by atoms with E-state index >= 15 is 0 Å². The number of carbonyl (C=O) groups is 2. The van der Waals surface area contributed by atoms with Gasteiger partial charge >= 0.3 is 5.97 Å². The van der Waals surface area contributed by atoms with Crippen molar-refractivity contribution in [3.8, 4) is 11.8 Å². The lowest BCUT2D eigenvalue weighted by molar-refractivity contribution is -0.137. The summed E-state index contributed by atoms with van der Waals surface area (Å²) < 4.78 is 0. The van der Waals surface area contributed by atoms with Crippen LogP contribution in [0.25, 0.3) is 0 Å². The smallest absolute Gasteiger partial charge is 0.303 e. The fraction of sp³-hybridized carbons (Fsp3) is 0.556. The van der Waals surface area contributed by atoms with Crippen molar-refractivity contribution in [2.45, 2.75) is 83.3 Å². The van der Waals surface area contributed by atoms with E-state index in [0.29, 0.717) is 25.8 Å². The Bertz CT molecular complexity index is 793. The molecule has 1 heterocycles. The Morgan fingerprint density at radius 3 is 2.69 bits per heavy atom. The first kappa shape index (κ1) is 25.7. The van der Waals surface area contributed by atoms with Gasteiger partial charge in [-0.15, -0.1) is 11.8 Å². The first-order valence-electron chi connectivity index (χ1n) is 11.8.